The van der Waals surface area contributed by atoms with Crippen molar-refractivity contribution in [2.75, 3.05) is 12.4 Å². The summed E-state index contributed by atoms with van der Waals surface area (Å²) in [6.07, 6.45) is 0. The Hall–Kier alpha value is -3.15. The molecule has 0 radical (unpaired) electrons. The predicted octanol–water partition coefficient (Wildman–Crippen LogP) is 2.48. The number of hydrogen-bond acceptors (Lipinski definition) is 8. The number of ether oxygens (including phenoxy) is 1. The smallest absolute Gasteiger partial charge is 0.286 e. The van der Waals surface area contributed by atoms with Crippen LogP contribution in [-0.2, 0) is 16.6 Å². The highest BCUT2D eigenvalue weighted by Gasteiger charge is 2.17. The molecule has 0 aliphatic rings. The summed E-state index contributed by atoms with van der Waals surface area (Å²) in [4.78, 5) is 23.6. The van der Waals surface area contributed by atoms with E-state index in [0.29, 0.717) is 22.0 Å². The van der Waals surface area contributed by atoms with Gasteiger partial charge in [-0.15, -0.1) is 10.2 Å². The number of anilines is 1. The first-order valence-electron chi connectivity index (χ1n) is 8.67. The van der Waals surface area contributed by atoms with Crippen molar-refractivity contribution in [1.82, 2.24) is 14.9 Å². The van der Waals surface area contributed by atoms with Crippen LogP contribution in [-0.4, -0.2) is 37.4 Å². The molecule has 0 aliphatic carbocycles. The Labute approximate surface area is 177 Å². The number of amides is 1. The summed E-state index contributed by atoms with van der Waals surface area (Å²) in [6.45, 7) is 1.28. The Kier molecular flexibility index (Phi) is 6.55. The minimum Gasteiger partial charge on any atom is -0.497 e. The number of Topliss-reactive ketones (excluding diaryl/α,β-unsaturated/α-hetero) is 1. The Morgan fingerprint density at radius 2 is 1.70 bits per heavy atom. The number of aromatic nitrogens is 2. The largest absolute Gasteiger partial charge is 0.497 e. The van der Waals surface area contributed by atoms with Crippen molar-refractivity contribution in [3.63, 3.8) is 0 Å². The zero-order valence-electron chi connectivity index (χ0n) is 16.1. The van der Waals surface area contributed by atoms with Crippen molar-refractivity contribution in [2.24, 2.45) is 0 Å². The summed E-state index contributed by atoms with van der Waals surface area (Å²) in [7, 11) is -2.25. The van der Waals surface area contributed by atoms with E-state index < -0.39 is 15.9 Å². The number of nitrogens with one attached hydrogen (secondary N) is 2. The molecule has 2 aromatic carbocycles. The number of nitrogens with zero attached hydrogens (tertiary/aromatic N) is 2. The molecule has 0 spiro atoms. The summed E-state index contributed by atoms with van der Waals surface area (Å²) < 4.78 is 32.2. The third kappa shape index (κ3) is 5.26. The van der Waals surface area contributed by atoms with E-state index >= 15 is 0 Å². The predicted molar refractivity (Wildman–Crippen MR) is 111 cm³/mol. The molecule has 2 N–H and O–H groups in total. The molecule has 0 fully saturated rings. The number of rotatable bonds is 8. The van der Waals surface area contributed by atoms with Crippen LogP contribution in [0.1, 0.15) is 32.1 Å². The maximum atomic E-state index is 12.4. The van der Waals surface area contributed by atoms with Crippen molar-refractivity contribution in [3.8, 4) is 5.75 Å². The van der Waals surface area contributed by atoms with E-state index in [9.17, 15) is 18.0 Å². The highest BCUT2D eigenvalue weighted by molar-refractivity contribution is 7.89. The first-order chi connectivity index (χ1) is 14.3. The first-order valence-corrected chi connectivity index (χ1v) is 11.0. The second-order valence-corrected chi connectivity index (χ2v) is 8.92. The van der Waals surface area contributed by atoms with Crippen molar-refractivity contribution in [3.05, 3.63) is 64.1 Å². The van der Waals surface area contributed by atoms with E-state index in [1.807, 2.05) is 0 Å². The Balaban J connectivity index is 1.61. The lowest BCUT2D eigenvalue weighted by Gasteiger charge is -2.05. The van der Waals surface area contributed by atoms with Gasteiger partial charge in [-0.3, -0.25) is 9.59 Å². The molecule has 3 aromatic rings. The lowest BCUT2D eigenvalue weighted by atomic mass is 10.2. The normalized spacial score (nSPS) is 11.1. The molecule has 1 heterocycles. The Morgan fingerprint density at radius 3 is 2.30 bits per heavy atom. The van der Waals surface area contributed by atoms with Gasteiger partial charge in [-0.1, -0.05) is 23.5 Å². The topological polar surface area (TPSA) is 127 Å². The molecule has 1 amide bonds. The molecule has 0 atom stereocenters. The zero-order valence-corrected chi connectivity index (χ0v) is 17.7. The van der Waals surface area contributed by atoms with Crippen LogP contribution in [0.25, 0.3) is 0 Å². The minimum atomic E-state index is -3.80. The average molecular weight is 447 g/mol. The van der Waals surface area contributed by atoms with E-state index in [1.54, 1.807) is 31.4 Å². The summed E-state index contributed by atoms with van der Waals surface area (Å²) in [5.41, 5.74) is 0.984. The lowest BCUT2D eigenvalue weighted by Crippen LogP contribution is -2.23. The average Bonchev–Trinajstić information content (AvgIpc) is 3.22. The summed E-state index contributed by atoms with van der Waals surface area (Å²) >= 11 is 0.980. The van der Waals surface area contributed by atoms with Gasteiger partial charge in [-0.25, -0.2) is 13.1 Å². The maximum absolute atomic E-state index is 12.4. The molecule has 0 aliphatic heterocycles. The van der Waals surface area contributed by atoms with Crippen molar-refractivity contribution >= 4 is 38.7 Å². The number of benzene rings is 2. The van der Waals surface area contributed by atoms with Gasteiger partial charge in [0, 0.05) is 11.3 Å². The van der Waals surface area contributed by atoms with E-state index in [0.717, 1.165) is 11.3 Å². The fourth-order valence-electron chi connectivity index (χ4n) is 2.38. The van der Waals surface area contributed by atoms with Crippen LogP contribution >= 0.6 is 11.3 Å². The third-order valence-electron chi connectivity index (χ3n) is 3.99. The standard InChI is InChI=1S/C19H18N4O5S2/c1-12(24)13-3-9-16(10-4-13)30(26,27)20-11-17-22-23-19(29-17)18(25)21-14-5-7-15(28-2)8-6-14/h3-10,20H,11H2,1-2H3,(H,21,25). The molecular formula is C19H18N4O5S2. The van der Waals surface area contributed by atoms with Gasteiger partial charge in [0.15, 0.2) is 5.78 Å². The van der Waals surface area contributed by atoms with Crippen molar-refractivity contribution in [1.29, 1.82) is 0 Å². The van der Waals surface area contributed by atoms with Crippen molar-refractivity contribution in [2.45, 2.75) is 18.4 Å². The molecule has 156 valence electrons. The number of carbonyl (C=O) groups excluding carboxylic acids is 2. The van der Waals surface area contributed by atoms with Crippen LogP contribution in [0, 0.1) is 0 Å². The second-order valence-electron chi connectivity index (χ2n) is 6.09. The molecule has 0 saturated heterocycles. The van der Waals surface area contributed by atoms with Gasteiger partial charge < -0.3 is 10.1 Å². The Bertz CT molecular complexity index is 1160. The molecule has 0 unspecified atom stereocenters. The van der Waals surface area contributed by atoms with Gasteiger partial charge in [0.05, 0.1) is 18.6 Å². The zero-order chi connectivity index (χ0) is 21.7. The number of sulfonamides is 1. The van der Waals surface area contributed by atoms with Gasteiger partial charge in [-0.2, -0.15) is 0 Å². The molecule has 0 bridgehead atoms. The molecular weight excluding hydrogens is 428 g/mol. The SMILES string of the molecule is COc1ccc(NC(=O)c2nnc(CNS(=O)(=O)c3ccc(C(C)=O)cc3)s2)cc1. The van der Waals surface area contributed by atoms with Crippen LogP contribution in [0.2, 0.25) is 0 Å². The lowest BCUT2D eigenvalue weighted by molar-refractivity contribution is 0.101. The minimum absolute atomic E-state index is 0.0227. The first kappa shape index (κ1) is 21.6. The highest BCUT2D eigenvalue weighted by Crippen LogP contribution is 2.18. The van der Waals surface area contributed by atoms with Gasteiger partial charge in [0.1, 0.15) is 10.8 Å². The molecule has 30 heavy (non-hydrogen) atoms. The Morgan fingerprint density at radius 1 is 1.03 bits per heavy atom. The molecule has 1 aromatic heterocycles. The van der Waals surface area contributed by atoms with Crippen molar-refractivity contribution < 1.29 is 22.7 Å². The molecule has 0 saturated carbocycles. The number of methoxy groups -OCH3 is 1. The van der Waals surface area contributed by atoms with Crippen LogP contribution in [0.3, 0.4) is 0 Å². The number of ketones is 1. The third-order valence-corrected chi connectivity index (χ3v) is 6.33. The summed E-state index contributed by atoms with van der Waals surface area (Å²) in [6, 6.07) is 12.4. The second kappa shape index (κ2) is 9.11. The monoisotopic (exact) mass is 446 g/mol. The summed E-state index contributed by atoms with van der Waals surface area (Å²) in [5.74, 6) is 0.0576. The maximum Gasteiger partial charge on any atom is 0.286 e. The fourth-order valence-corrected chi connectivity index (χ4v) is 4.14. The van der Waals surface area contributed by atoms with Gasteiger partial charge in [-0.05, 0) is 43.3 Å². The van der Waals surface area contributed by atoms with Gasteiger partial charge >= 0.3 is 0 Å². The van der Waals surface area contributed by atoms with Crippen LogP contribution in [0.15, 0.2) is 53.4 Å². The van der Waals surface area contributed by atoms with Gasteiger partial charge in [0.2, 0.25) is 15.0 Å². The van der Waals surface area contributed by atoms with E-state index in [4.69, 9.17) is 4.74 Å². The number of hydrogen-bond donors (Lipinski definition) is 2. The quantitative estimate of drug-likeness (QED) is 0.509. The van der Waals surface area contributed by atoms with Crippen LogP contribution in [0.4, 0.5) is 5.69 Å². The highest BCUT2D eigenvalue weighted by atomic mass is 32.2. The van der Waals surface area contributed by atoms with Crippen LogP contribution < -0.4 is 14.8 Å². The van der Waals surface area contributed by atoms with Crippen LogP contribution in [0.5, 0.6) is 5.75 Å². The molecule has 3 rings (SSSR count). The van der Waals surface area contributed by atoms with E-state index in [2.05, 4.69) is 20.2 Å². The fraction of sp³-hybridized carbons (Fsp3) is 0.158. The number of carbonyl (C=O) groups is 2. The molecule has 9 nitrogen and oxygen atoms in total. The van der Waals surface area contributed by atoms with Gasteiger partial charge in [0.25, 0.3) is 5.91 Å². The van der Waals surface area contributed by atoms with E-state index in [1.165, 1.54) is 31.2 Å². The van der Waals surface area contributed by atoms with E-state index in [-0.39, 0.29) is 22.2 Å². The summed E-state index contributed by atoms with van der Waals surface area (Å²) in [5, 5.41) is 10.8. The molecule has 11 heteroatoms.